The molecule has 0 spiro atoms. The molecule has 2 aromatic carbocycles. The van der Waals surface area contributed by atoms with E-state index in [9.17, 15) is 9.59 Å². The highest BCUT2D eigenvalue weighted by atomic mass is 32.2. The number of para-hydroxylation sites is 1. The lowest BCUT2D eigenvalue weighted by Crippen LogP contribution is -2.16. The lowest BCUT2D eigenvalue weighted by atomic mass is 9.95. The zero-order chi connectivity index (χ0) is 29.3. The van der Waals surface area contributed by atoms with Gasteiger partial charge in [0.15, 0.2) is 11.0 Å². The number of thioether (sulfide) groups is 1. The highest BCUT2D eigenvalue weighted by molar-refractivity contribution is 7.99. The van der Waals surface area contributed by atoms with Crippen molar-refractivity contribution in [2.45, 2.75) is 57.7 Å². The number of aryl methyl sites for hydroxylation is 1. The van der Waals surface area contributed by atoms with Crippen molar-refractivity contribution >= 4 is 45.7 Å². The predicted molar refractivity (Wildman–Crippen MR) is 167 cm³/mol. The zero-order valence-electron chi connectivity index (χ0n) is 23.9. The molecule has 1 aliphatic rings. The summed E-state index contributed by atoms with van der Waals surface area (Å²) in [7, 11) is 0. The molecular formula is C31H35N5O4S2. The molecule has 1 amide bonds. The van der Waals surface area contributed by atoms with Crippen LogP contribution in [0, 0.1) is 0 Å². The highest BCUT2D eigenvalue weighted by Crippen LogP contribution is 2.38. The number of hydrogen-bond donors (Lipinski definition) is 2. The quantitative estimate of drug-likeness (QED) is 0.131. The molecule has 0 aliphatic heterocycles. The number of rotatable bonds is 13. The standard InChI is InChI=1S/C31H35N5O4S2/c1-3-39-23-16-14-21(15-17-23)32-20-26-34-35-31(36(26)22-10-6-5-7-11-22)41-19-18-27(37)33-29-28(30(38)40-4-2)24-12-8-9-13-25(24)42-29/h5-7,10-11,14-17,32H,3-4,8-9,12-13,18-20H2,1-2H3,(H,33,37). The van der Waals surface area contributed by atoms with Crippen LogP contribution < -0.4 is 15.4 Å². The van der Waals surface area contributed by atoms with E-state index < -0.39 is 0 Å². The lowest BCUT2D eigenvalue weighted by molar-refractivity contribution is -0.115. The van der Waals surface area contributed by atoms with E-state index in [4.69, 9.17) is 9.47 Å². The van der Waals surface area contributed by atoms with E-state index in [1.807, 2.05) is 66.1 Å². The molecule has 0 atom stereocenters. The second kappa shape index (κ2) is 14.4. The van der Waals surface area contributed by atoms with E-state index in [1.165, 1.54) is 28.0 Å². The topological polar surface area (TPSA) is 107 Å². The number of carbonyl (C=O) groups is 2. The Morgan fingerprint density at radius 3 is 2.55 bits per heavy atom. The van der Waals surface area contributed by atoms with Crippen molar-refractivity contribution in [1.82, 2.24) is 14.8 Å². The van der Waals surface area contributed by atoms with Crippen LogP contribution in [0.3, 0.4) is 0 Å². The molecule has 5 rings (SSSR count). The smallest absolute Gasteiger partial charge is 0.341 e. The van der Waals surface area contributed by atoms with E-state index in [2.05, 4.69) is 20.8 Å². The Balaban J connectivity index is 1.24. The number of amides is 1. The molecule has 9 nitrogen and oxygen atoms in total. The Hall–Kier alpha value is -3.83. The number of anilines is 2. The highest BCUT2D eigenvalue weighted by Gasteiger charge is 2.27. The van der Waals surface area contributed by atoms with Crippen LogP contribution in [0.25, 0.3) is 5.69 Å². The van der Waals surface area contributed by atoms with Crippen LogP contribution in [0.5, 0.6) is 5.75 Å². The van der Waals surface area contributed by atoms with E-state index in [1.54, 1.807) is 6.92 Å². The first-order chi connectivity index (χ1) is 20.6. The fourth-order valence-electron chi connectivity index (χ4n) is 4.86. The first kappa shape index (κ1) is 29.7. The molecule has 2 aromatic heterocycles. The number of carbonyl (C=O) groups excluding carboxylic acids is 2. The van der Waals surface area contributed by atoms with Gasteiger partial charge < -0.3 is 20.1 Å². The molecule has 4 aromatic rings. The van der Waals surface area contributed by atoms with Crippen molar-refractivity contribution in [1.29, 1.82) is 0 Å². The van der Waals surface area contributed by atoms with Gasteiger partial charge in [-0.2, -0.15) is 0 Å². The summed E-state index contributed by atoms with van der Waals surface area (Å²) in [6, 6.07) is 17.7. The van der Waals surface area contributed by atoms with Crippen molar-refractivity contribution in [2.75, 3.05) is 29.6 Å². The third-order valence-corrected chi connectivity index (χ3v) is 8.93. The maximum absolute atomic E-state index is 13.0. The average Bonchev–Trinajstić information content (AvgIpc) is 3.58. The van der Waals surface area contributed by atoms with Crippen molar-refractivity contribution in [3.63, 3.8) is 0 Å². The summed E-state index contributed by atoms with van der Waals surface area (Å²) >= 11 is 2.98. The summed E-state index contributed by atoms with van der Waals surface area (Å²) in [5, 5.41) is 16.6. The van der Waals surface area contributed by atoms with E-state index in [0.29, 0.717) is 41.2 Å². The van der Waals surface area contributed by atoms with Gasteiger partial charge in [0.1, 0.15) is 10.8 Å². The summed E-state index contributed by atoms with van der Waals surface area (Å²) in [6.07, 6.45) is 4.18. The Morgan fingerprint density at radius 1 is 1.00 bits per heavy atom. The Labute approximate surface area is 254 Å². The minimum absolute atomic E-state index is 0.144. The third-order valence-electron chi connectivity index (χ3n) is 6.79. The van der Waals surface area contributed by atoms with Crippen LogP contribution in [0.4, 0.5) is 10.7 Å². The van der Waals surface area contributed by atoms with Crippen LogP contribution in [-0.4, -0.2) is 45.6 Å². The molecule has 2 N–H and O–H groups in total. The van der Waals surface area contributed by atoms with Gasteiger partial charge in [-0.1, -0.05) is 30.0 Å². The Kier molecular flexibility index (Phi) is 10.1. The Morgan fingerprint density at radius 2 is 1.79 bits per heavy atom. The summed E-state index contributed by atoms with van der Waals surface area (Å²) < 4.78 is 12.9. The maximum atomic E-state index is 13.0. The number of esters is 1. The van der Waals surface area contributed by atoms with Gasteiger partial charge in [0.2, 0.25) is 5.91 Å². The van der Waals surface area contributed by atoms with E-state index >= 15 is 0 Å². The molecule has 0 fully saturated rings. The molecule has 0 radical (unpaired) electrons. The van der Waals surface area contributed by atoms with Crippen molar-refractivity contribution in [3.8, 4) is 11.4 Å². The number of benzene rings is 2. The van der Waals surface area contributed by atoms with Gasteiger partial charge in [-0.15, -0.1) is 21.5 Å². The van der Waals surface area contributed by atoms with Gasteiger partial charge in [-0.3, -0.25) is 9.36 Å². The second-order valence-corrected chi connectivity index (χ2v) is 11.8. The number of fused-ring (bicyclic) bond motifs is 1. The number of nitrogens with one attached hydrogen (secondary N) is 2. The van der Waals surface area contributed by atoms with Gasteiger partial charge in [-0.05, 0) is 81.5 Å². The molecular weight excluding hydrogens is 571 g/mol. The zero-order valence-corrected chi connectivity index (χ0v) is 25.5. The molecule has 0 saturated carbocycles. The molecule has 0 bridgehead atoms. The molecule has 220 valence electrons. The largest absolute Gasteiger partial charge is 0.494 e. The van der Waals surface area contributed by atoms with Crippen molar-refractivity contribution in [2.24, 2.45) is 0 Å². The first-order valence-electron chi connectivity index (χ1n) is 14.3. The van der Waals surface area contributed by atoms with Crippen molar-refractivity contribution < 1.29 is 19.1 Å². The maximum Gasteiger partial charge on any atom is 0.341 e. The monoisotopic (exact) mass is 605 g/mol. The summed E-state index contributed by atoms with van der Waals surface area (Å²) in [6.45, 7) is 5.15. The number of thiophene rings is 1. The fraction of sp³-hybridized carbons (Fsp3) is 0.355. The summed E-state index contributed by atoms with van der Waals surface area (Å²) in [4.78, 5) is 26.9. The van der Waals surface area contributed by atoms with Gasteiger partial charge >= 0.3 is 5.97 Å². The van der Waals surface area contributed by atoms with Crippen LogP contribution in [0.1, 0.15) is 59.7 Å². The molecule has 0 saturated heterocycles. The SMILES string of the molecule is CCOC(=O)c1c(NC(=O)CCSc2nnc(CNc3ccc(OCC)cc3)n2-c2ccccc2)sc2c1CCCC2. The molecule has 2 heterocycles. The number of ether oxygens (including phenoxy) is 2. The lowest BCUT2D eigenvalue weighted by Gasteiger charge is -2.12. The van der Waals surface area contributed by atoms with Gasteiger partial charge in [-0.25, -0.2) is 4.79 Å². The van der Waals surface area contributed by atoms with E-state index in [0.717, 1.165) is 54.2 Å². The Bertz CT molecular complexity index is 1500. The van der Waals surface area contributed by atoms with Gasteiger partial charge in [0.25, 0.3) is 0 Å². The number of hydrogen-bond acceptors (Lipinski definition) is 9. The summed E-state index contributed by atoms with van der Waals surface area (Å²) in [5.74, 6) is 1.58. The molecule has 11 heteroatoms. The normalized spacial score (nSPS) is 12.4. The second-order valence-electron chi connectivity index (χ2n) is 9.66. The first-order valence-corrected chi connectivity index (χ1v) is 16.1. The predicted octanol–water partition coefficient (Wildman–Crippen LogP) is 6.52. The van der Waals surface area contributed by atoms with Crippen LogP contribution in [0.15, 0.2) is 59.8 Å². The van der Waals surface area contributed by atoms with Crippen LogP contribution in [-0.2, 0) is 28.9 Å². The summed E-state index contributed by atoms with van der Waals surface area (Å²) in [5.41, 5.74) is 3.47. The third kappa shape index (κ3) is 7.14. The van der Waals surface area contributed by atoms with Crippen LogP contribution >= 0.6 is 23.1 Å². The number of aromatic nitrogens is 3. The fourth-order valence-corrected chi connectivity index (χ4v) is 7.06. The average molecular weight is 606 g/mol. The van der Waals surface area contributed by atoms with Crippen LogP contribution in [0.2, 0.25) is 0 Å². The number of nitrogens with zero attached hydrogens (tertiary/aromatic N) is 3. The van der Waals surface area contributed by atoms with Crippen molar-refractivity contribution in [3.05, 3.63) is 76.4 Å². The molecule has 0 unspecified atom stereocenters. The van der Waals surface area contributed by atoms with E-state index in [-0.39, 0.29) is 18.3 Å². The molecule has 1 aliphatic carbocycles. The van der Waals surface area contributed by atoms with Gasteiger partial charge in [0, 0.05) is 28.4 Å². The van der Waals surface area contributed by atoms with Gasteiger partial charge in [0.05, 0.1) is 25.3 Å². The molecule has 42 heavy (non-hydrogen) atoms. The minimum Gasteiger partial charge on any atom is -0.494 e. The minimum atomic E-state index is -0.357.